The minimum absolute atomic E-state index is 0.0740. The lowest BCUT2D eigenvalue weighted by Gasteiger charge is -2.35. The predicted molar refractivity (Wildman–Crippen MR) is 173 cm³/mol. The molecule has 240 valence electrons. The summed E-state index contributed by atoms with van der Waals surface area (Å²) in [6, 6.07) is 22.8. The van der Waals surface area contributed by atoms with E-state index in [1.807, 2.05) is 72.8 Å². The van der Waals surface area contributed by atoms with Gasteiger partial charge in [0, 0.05) is 18.3 Å². The molecule has 0 spiro atoms. The van der Waals surface area contributed by atoms with Gasteiger partial charge < -0.3 is 18.9 Å². The molecule has 8 nitrogen and oxygen atoms in total. The smallest absolute Gasteiger partial charge is 0.317 e. The minimum Gasteiger partial charge on any atom is -0.497 e. The Morgan fingerprint density at radius 2 is 1.15 bits per heavy atom. The maximum atomic E-state index is 13.5. The van der Waals surface area contributed by atoms with Gasteiger partial charge in [-0.2, -0.15) is 0 Å². The zero-order valence-corrected chi connectivity index (χ0v) is 26.7. The van der Waals surface area contributed by atoms with E-state index in [2.05, 4.69) is 0 Å². The zero-order chi connectivity index (χ0) is 32.8. The molecule has 2 aliphatic carbocycles. The maximum absolute atomic E-state index is 13.5. The molecule has 5 atom stereocenters. The lowest BCUT2D eigenvalue weighted by atomic mass is 9.68. The Kier molecular flexibility index (Phi) is 10.4. The van der Waals surface area contributed by atoms with Gasteiger partial charge in [0.15, 0.2) is 5.78 Å². The first-order valence-corrected chi connectivity index (χ1v) is 15.8. The third-order valence-corrected chi connectivity index (χ3v) is 9.12. The summed E-state index contributed by atoms with van der Waals surface area (Å²) in [5, 5.41) is 0. The third-order valence-electron chi connectivity index (χ3n) is 9.12. The maximum Gasteiger partial charge on any atom is 0.317 e. The highest BCUT2D eigenvalue weighted by molar-refractivity contribution is 6.10. The molecule has 2 aliphatic rings. The normalized spacial score (nSPS) is 22.9. The van der Waals surface area contributed by atoms with Gasteiger partial charge >= 0.3 is 11.9 Å². The summed E-state index contributed by atoms with van der Waals surface area (Å²) in [6.07, 6.45) is 2.83. The highest BCUT2D eigenvalue weighted by atomic mass is 16.5. The van der Waals surface area contributed by atoms with Crippen molar-refractivity contribution in [2.75, 3.05) is 27.4 Å². The summed E-state index contributed by atoms with van der Waals surface area (Å²) in [5.74, 6) is -2.87. The van der Waals surface area contributed by atoms with Crippen LogP contribution in [0.2, 0.25) is 0 Å². The Hall–Kier alpha value is -4.72. The topological polar surface area (TPSA) is 105 Å². The fourth-order valence-corrected chi connectivity index (χ4v) is 6.80. The first kappa shape index (κ1) is 32.7. The van der Waals surface area contributed by atoms with Crippen LogP contribution in [0.25, 0.3) is 5.57 Å². The van der Waals surface area contributed by atoms with Crippen LogP contribution in [0.4, 0.5) is 0 Å². The van der Waals surface area contributed by atoms with E-state index < -0.39 is 35.6 Å². The van der Waals surface area contributed by atoms with Gasteiger partial charge in [0.05, 0.1) is 27.4 Å². The van der Waals surface area contributed by atoms with Crippen molar-refractivity contribution in [2.24, 2.45) is 11.8 Å². The number of allylic oxidation sites excluding steroid dienone is 2. The van der Waals surface area contributed by atoms with E-state index in [1.54, 1.807) is 34.1 Å². The van der Waals surface area contributed by atoms with E-state index in [0.29, 0.717) is 18.6 Å². The quantitative estimate of drug-likeness (QED) is 0.188. The molecule has 0 radical (unpaired) electrons. The van der Waals surface area contributed by atoms with Crippen molar-refractivity contribution in [1.82, 2.24) is 0 Å². The first-order valence-electron chi connectivity index (χ1n) is 15.8. The van der Waals surface area contributed by atoms with Crippen molar-refractivity contribution < 1.29 is 38.1 Å². The molecule has 0 heterocycles. The number of ether oxygens (including phenoxy) is 4. The molecule has 5 rings (SSSR count). The summed E-state index contributed by atoms with van der Waals surface area (Å²) < 4.78 is 21.3. The Balaban J connectivity index is 1.47. The second-order valence-corrected chi connectivity index (χ2v) is 11.7. The van der Waals surface area contributed by atoms with E-state index in [-0.39, 0.29) is 37.1 Å². The van der Waals surface area contributed by atoms with Crippen LogP contribution in [0, 0.1) is 11.8 Å². The van der Waals surface area contributed by atoms with Gasteiger partial charge in [-0.25, -0.2) is 0 Å². The highest BCUT2D eigenvalue weighted by Gasteiger charge is 2.44. The van der Waals surface area contributed by atoms with Crippen LogP contribution >= 0.6 is 0 Å². The molecular weight excluding hydrogens is 584 g/mol. The van der Waals surface area contributed by atoms with Crippen LogP contribution in [-0.2, 0) is 28.7 Å². The van der Waals surface area contributed by atoms with Crippen LogP contribution in [0.1, 0.15) is 73.1 Å². The van der Waals surface area contributed by atoms with Crippen LogP contribution < -0.4 is 9.47 Å². The average molecular weight is 625 g/mol. The van der Waals surface area contributed by atoms with Crippen molar-refractivity contribution in [3.63, 3.8) is 0 Å². The summed E-state index contributed by atoms with van der Waals surface area (Å²) >= 11 is 0. The van der Waals surface area contributed by atoms with E-state index in [0.717, 1.165) is 33.6 Å². The minimum atomic E-state index is -0.976. The van der Waals surface area contributed by atoms with Gasteiger partial charge in [-0.1, -0.05) is 48.5 Å². The molecule has 0 N–H and O–H groups in total. The Bertz CT molecular complexity index is 1590. The molecule has 0 aromatic heterocycles. The zero-order valence-electron chi connectivity index (χ0n) is 26.7. The Morgan fingerprint density at radius 3 is 1.70 bits per heavy atom. The third kappa shape index (κ3) is 6.91. The van der Waals surface area contributed by atoms with E-state index in [4.69, 9.17) is 18.9 Å². The molecule has 0 bridgehead atoms. The fourth-order valence-electron chi connectivity index (χ4n) is 6.80. The van der Waals surface area contributed by atoms with Gasteiger partial charge in [-0.15, -0.1) is 0 Å². The molecule has 0 aliphatic heterocycles. The SMILES string of the molecule is CCOC(=O)C1C(=O)C=C(c2ccc(OC)cc2)CC1c1ccc(C2CC(c3ccc(OC)cc3)CC(=O)C2C(=O)OCC)cc1. The second-order valence-electron chi connectivity index (χ2n) is 11.7. The number of hydrogen-bond acceptors (Lipinski definition) is 8. The first-order chi connectivity index (χ1) is 22.3. The molecule has 46 heavy (non-hydrogen) atoms. The number of rotatable bonds is 10. The monoisotopic (exact) mass is 624 g/mol. The largest absolute Gasteiger partial charge is 0.497 e. The van der Waals surface area contributed by atoms with Crippen molar-refractivity contribution in [3.05, 3.63) is 101 Å². The molecule has 5 unspecified atom stereocenters. The van der Waals surface area contributed by atoms with Crippen molar-refractivity contribution >= 4 is 29.1 Å². The summed E-state index contributed by atoms with van der Waals surface area (Å²) in [5.41, 5.74) is 4.34. The van der Waals surface area contributed by atoms with Crippen LogP contribution in [0.5, 0.6) is 11.5 Å². The number of esters is 2. The van der Waals surface area contributed by atoms with E-state index >= 15 is 0 Å². The average Bonchev–Trinajstić information content (AvgIpc) is 3.07. The highest BCUT2D eigenvalue weighted by Crippen LogP contribution is 2.45. The Morgan fingerprint density at radius 1 is 0.652 bits per heavy atom. The number of methoxy groups -OCH3 is 2. The van der Waals surface area contributed by atoms with Crippen molar-refractivity contribution in [1.29, 1.82) is 0 Å². The lowest BCUT2D eigenvalue weighted by molar-refractivity contribution is -0.154. The number of Topliss-reactive ketones (excluding diaryl/α,β-unsaturated/α-hetero) is 1. The molecule has 3 aromatic rings. The summed E-state index contributed by atoms with van der Waals surface area (Å²) in [4.78, 5) is 53.1. The van der Waals surface area contributed by atoms with Crippen LogP contribution in [-0.4, -0.2) is 50.9 Å². The number of benzene rings is 3. The molecule has 8 heteroatoms. The summed E-state index contributed by atoms with van der Waals surface area (Å²) in [7, 11) is 3.20. The molecule has 0 amide bonds. The fraction of sp³-hybridized carbons (Fsp3) is 0.368. The van der Waals surface area contributed by atoms with E-state index in [9.17, 15) is 19.2 Å². The lowest BCUT2D eigenvalue weighted by Crippen LogP contribution is -2.37. The van der Waals surface area contributed by atoms with Gasteiger partial charge in [-0.3, -0.25) is 19.2 Å². The molecule has 3 aromatic carbocycles. The van der Waals surface area contributed by atoms with Gasteiger partial charge in [0.1, 0.15) is 29.1 Å². The standard InChI is InChI=1S/C38H40O8/c1-5-45-37(41)35-31(19-27(21-33(35)39)23-11-15-29(43-3)16-12-23)25-7-9-26(10-8-25)32-20-28(24-13-17-30(44-4)18-14-24)22-34(40)36(32)38(42)46-6-2/h7-18,21,28,31-32,35-36H,5-6,19-20,22H2,1-4H3. The molecule has 1 fully saturated rings. The van der Waals surface area contributed by atoms with E-state index in [1.165, 1.54) is 0 Å². The number of carbonyl (C=O) groups is 4. The predicted octanol–water partition coefficient (Wildman–Crippen LogP) is 6.43. The molecular formula is C38H40O8. The second kappa shape index (κ2) is 14.6. The van der Waals surface area contributed by atoms with Crippen LogP contribution in [0.3, 0.4) is 0 Å². The summed E-state index contributed by atoms with van der Waals surface area (Å²) in [6.45, 7) is 3.81. The molecule has 1 saturated carbocycles. The van der Waals surface area contributed by atoms with Gasteiger partial charge in [0.2, 0.25) is 0 Å². The number of carbonyl (C=O) groups excluding carboxylic acids is 4. The van der Waals surface area contributed by atoms with Gasteiger partial charge in [0.25, 0.3) is 0 Å². The van der Waals surface area contributed by atoms with Gasteiger partial charge in [-0.05, 0) is 90.8 Å². The number of ketones is 2. The van der Waals surface area contributed by atoms with Crippen molar-refractivity contribution in [3.8, 4) is 11.5 Å². The van der Waals surface area contributed by atoms with Crippen LogP contribution in [0.15, 0.2) is 78.9 Å². The molecule has 0 saturated heterocycles. The Labute approximate surface area is 269 Å². The van der Waals surface area contributed by atoms with Crippen molar-refractivity contribution in [2.45, 2.75) is 50.9 Å². The number of hydrogen-bond donors (Lipinski definition) is 0.